The Bertz CT molecular complexity index is 315. The second-order valence-corrected chi connectivity index (χ2v) is 4.13. The summed E-state index contributed by atoms with van der Waals surface area (Å²) in [6.45, 7) is 7.44. The number of carbonyl (C=O) groups excluding carboxylic acids is 2. The number of rotatable bonds is 3. The largest absolute Gasteiger partial charge is 0.468 e. The molecule has 0 aliphatic carbocycles. The van der Waals surface area contributed by atoms with Gasteiger partial charge in [-0.3, -0.25) is 5.32 Å². The van der Waals surface area contributed by atoms with Gasteiger partial charge >= 0.3 is 18.1 Å². The monoisotopic (exact) mass is 258 g/mol. The summed E-state index contributed by atoms with van der Waals surface area (Å²) in [6, 6.07) is -1.16. The molecule has 0 aromatic heterocycles. The number of nitrogens with zero attached hydrogens (tertiary/aromatic N) is 1. The molecule has 7 heteroatoms. The fraction of sp³-hybridized carbons (Fsp3) is 0.727. The van der Waals surface area contributed by atoms with Crippen molar-refractivity contribution in [1.29, 1.82) is 0 Å². The zero-order valence-electron chi connectivity index (χ0n) is 11.5. The Morgan fingerprint density at radius 1 is 1.22 bits per heavy atom. The first-order chi connectivity index (χ1) is 8.38. The van der Waals surface area contributed by atoms with E-state index in [1.54, 1.807) is 0 Å². The Morgan fingerprint density at radius 3 is 2.28 bits per heavy atom. The first-order valence-electron chi connectivity index (χ1n) is 5.89. The molecule has 0 aromatic carbocycles. The molecule has 0 aromatic rings. The minimum atomic E-state index is -0.550. The van der Waals surface area contributed by atoms with Crippen LogP contribution < -0.4 is 16.0 Å². The van der Waals surface area contributed by atoms with E-state index in [0.29, 0.717) is 0 Å². The van der Waals surface area contributed by atoms with Gasteiger partial charge in [-0.05, 0) is 27.2 Å². The maximum Gasteiger partial charge on any atom is 0.345 e. The van der Waals surface area contributed by atoms with Crippen LogP contribution in [0.3, 0.4) is 0 Å². The van der Waals surface area contributed by atoms with Crippen molar-refractivity contribution in [3.63, 3.8) is 0 Å². The Labute approximate surface area is 107 Å². The van der Waals surface area contributed by atoms with E-state index in [2.05, 4.69) is 20.9 Å². The van der Waals surface area contributed by atoms with Gasteiger partial charge in [0, 0.05) is 12.1 Å². The highest BCUT2D eigenvalue weighted by atomic mass is 16.5. The molecule has 0 spiro atoms. The third kappa shape index (κ3) is 7.48. The van der Waals surface area contributed by atoms with Crippen LogP contribution in [0.1, 0.15) is 34.1 Å². The SMILES string of the molecule is CCC(C)NC(=O)N=C(NC(=O)NC(C)C)OC. The van der Waals surface area contributed by atoms with E-state index in [1.807, 2.05) is 27.7 Å². The van der Waals surface area contributed by atoms with E-state index in [4.69, 9.17) is 4.74 Å². The number of hydrogen-bond donors (Lipinski definition) is 3. The van der Waals surface area contributed by atoms with E-state index in [0.717, 1.165) is 6.42 Å². The first-order valence-corrected chi connectivity index (χ1v) is 5.89. The number of nitrogens with one attached hydrogen (secondary N) is 3. The van der Waals surface area contributed by atoms with Crippen molar-refractivity contribution in [2.24, 2.45) is 4.99 Å². The van der Waals surface area contributed by atoms with Gasteiger partial charge in [-0.1, -0.05) is 6.92 Å². The van der Waals surface area contributed by atoms with Gasteiger partial charge in [0.1, 0.15) is 0 Å². The van der Waals surface area contributed by atoms with Gasteiger partial charge < -0.3 is 15.4 Å². The average molecular weight is 258 g/mol. The van der Waals surface area contributed by atoms with Crippen molar-refractivity contribution in [3.05, 3.63) is 0 Å². The lowest BCUT2D eigenvalue weighted by Gasteiger charge is -2.12. The summed E-state index contributed by atoms with van der Waals surface area (Å²) in [4.78, 5) is 26.4. The Balaban J connectivity index is 4.39. The van der Waals surface area contributed by atoms with Gasteiger partial charge in [0.15, 0.2) is 0 Å². The molecule has 1 atom stereocenters. The van der Waals surface area contributed by atoms with Crippen LogP contribution in [0.5, 0.6) is 0 Å². The lowest BCUT2D eigenvalue weighted by molar-refractivity contribution is 0.239. The number of amidine groups is 1. The molecule has 104 valence electrons. The van der Waals surface area contributed by atoms with Crippen molar-refractivity contribution in [2.75, 3.05) is 7.11 Å². The zero-order valence-corrected chi connectivity index (χ0v) is 11.5. The van der Waals surface area contributed by atoms with E-state index in [1.165, 1.54) is 7.11 Å². The molecule has 0 heterocycles. The maximum absolute atomic E-state index is 11.4. The Hall–Kier alpha value is -1.79. The first kappa shape index (κ1) is 16.2. The number of amides is 4. The number of carbonyl (C=O) groups is 2. The quantitative estimate of drug-likeness (QED) is 0.524. The smallest absolute Gasteiger partial charge is 0.345 e. The molecule has 0 aliphatic rings. The van der Waals surface area contributed by atoms with Crippen LogP contribution >= 0.6 is 0 Å². The molecule has 3 N–H and O–H groups in total. The molecule has 4 amide bonds. The standard InChI is InChI=1S/C11H22N4O3/c1-6-8(4)13-10(17)15-11(18-5)14-9(16)12-7(2)3/h7-8H,6H2,1-5H3,(H3,12,13,14,15,16,17). The molecule has 0 rings (SSSR count). The summed E-state index contributed by atoms with van der Waals surface area (Å²) in [6.07, 6.45) is 0.796. The molecule has 18 heavy (non-hydrogen) atoms. The van der Waals surface area contributed by atoms with Crippen LogP contribution in [0.2, 0.25) is 0 Å². The van der Waals surface area contributed by atoms with Crippen LogP contribution in [-0.4, -0.2) is 37.3 Å². The van der Waals surface area contributed by atoms with E-state index in [9.17, 15) is 9.59 Å². The van der Waals surface area contributed by atoms with E-state index >= 15 is 0 Å². The molecule has 1 unspecified atom stereocenters. The van der Waals surface area contributed by atoms with Gasteiger partial charge in [0.25, 0.3) is 0 Å². The predicted molar refractivity (Wildman–Crippen MR) is 69.5 cm³/mol. The van der Waals surface area contributed by atoms with Crippen LogP contribution in [0.25, 0.3) is 0 Å². The normalized spacial score (nSPS) is 12.9. The van der Waals surface area contributed by atoms with E-state index < -0.39 is 12.1 Å². The predicted octanol–water partition coefficient (Wildman–Crippen LogP) is 1.20. The summed E-state index contributed by atoms with van der Waals surface area (Å²) < 4.78 is 4.81. The minimum absolute atomic E-state index is 0.0166. The lowest BCUT2D eigenvalue weighted by Crippen LogP contribution is -2.44. The number of aliphatic imine (C=N–C) groups is 1. The third-order valence-corrected chi connectivity index (χ3v) is 2.02. The summed E-state index contributed by atoms with van der Waals surface area (Å²) in [5.41, 5.74) is 0. The third-order valence-electron chi connectivity index (χ3n) is 2.02. The lowest BCUT2D eigenvalue weighted by atomic mass is 10.3. The number of urea groups is 2. The highest BCUT2D eigenvalue weighted by Crippen LogP contribution is 1.89. The second kappa shape index (κ2) is 8.32. The van der Waals surface area contributed by atoms with Gasteiger partial charge in [-0.25, -0.2) is 9.59 Å². The van der Waals surface area contributed by atoms with Crippen molar-refractivity contribution in [2.45, 2.75) is 46.2 Å². The van der Waals surface area contributed by atoms with Crippen molar-refractivity contribution < 1.29 is 14.3 Å². The molecular formula is C11H22N4O3. The summed E-state index contributed by atoms with van der Waals surface area (Å²) >= 11 is 0. The van der Waals surface area contributed by atoms with Gasteiger partial charge in [0.2, 0.25) is 0 Å². The average Bonchev–Trinajstić information content (AvgIpc) is 2.26. The minimum Gasteiger partial charge on any atom is -0.468 e. The highest BCUT2D eigenvalue weighted by Gasteiger charge is 2.10. The topological polar surface area (TPSA) is 91.8 Å². The second-order valence-electron chi connectivity index (χ2n) is 4.13. The van der Waals surface area contributed by atoms with Crippen molar-refractivity contribution >= 4 is 18.1 Å². The summed E-state index contributed by atoms with van der Waals surface area (Å²) in [5.74, 6) is 0. The van der Waals surface area contributed by atoms with Crippen LogP contribution in [0.15, 0.2) is 4.99 Å². The fourth-order valence-electron chi connectivity index (χ4n) is 0.957. The fourth-order valence-corrected chi connectivity index (χ4v) is 0.957. The zero-order chi connectivity index (χ0) is 14.1. The Morgan fingerprint density at radius 2 is 1.83 bits per heavy atom. The molecule has 7 nitrogen and oxygen atoms in total. The molecule has 0 aliphatic heterocycles. The molecule has 0 saturated carbocycles. The summed E-state index contributed by atoms with van der Waals surface area (Å²) in [7, 11) is 1.32. The molecule has 0 radical (unpaired) electrons. The molecular weight excluding hydrogens is 236 g/mol. The Kier molecular flexibility index (Phi) is 7.50. The van der Waals surface area contributed by atoms with Gasteiger partial charge in [-0.2, -0.15) is 0 Å². The number of ether oxygens (including phenoxy) is 1. The molecule has 0 saturated heterocycles. The van der Waals surface area contributed by atoms with E-state index in [-0.39, 0.29) is 18.1 Å². The van der Waals surface area contributed by atoms with Crippen molar-refractivity contribution in [1.82, 2.24) is 16.0 Å². The van der Waals surface area contributed by atoms with Crippen LogP contribution in [0, 0.1) is 0 Å². The van der Waals surface area contributed by atoms with Crippen LogP contribution in [-0.2, 0) is 4.74 Å². The maximum atomic E-state index is 11.4. The molecule has 0 bridgehead atoms. The van der Waals surface area contributed by atoms with Crippen LogP contribution in [0.4, 0.5) is 9.59 Å². The highest BCUT2D eigenvalue weighted by molar-refractivity contribution is 5.98. The summed E-state index contributed by atoms with van der Waals surface area (Å²) in [5, 5.41) is 7.56. The molecule has 0 fully saturated rings. The number of methoxy groups -OCH3 is 1. The van der Waals surface area contributed by atoms with Crippen molar-refractivity contribution in [3.8, 4) is 0 Å². The number of hydrogen-bond acceptors (Lipinski definition) is 3. The van der Waals surface area contributed by atoms with Gasteiger partial charge in [-0.15, -0.1) is 4.99 Å². The van der Waals surface area contributed by atoms with Gasteiger partial charge in [0.05, 0.1) is 7.11 Å².